The molecule has 0 spiro atoms. The summed E-state index contributed by atoms with van der Waals surface area (Å²) in [6, 6.07) is 4.97. The lowest BCUT2D eigenvalue weighted by molar-refractivity contribution is 0.0678. The predicted octanol–water partition coefficient (Wildman–Crippen LogP) is 1.98. The molecule has 5 heteroatoms. The number of carbonyl (C=O) groups excluding carboxylic acids is 1. The third-order valence-electron chi connectivity index (χ3n) is 3.56. The topological polar surface area (TPSA) is 66.6 Å². The van der Waals surface area contributed by atoms with Gasteiger partial charge in [0.05, 0.1) is 16.6 Å². The van der Waals surface area contributed by atoms with Gasteiger partial charge in [-0.25, -0.2) is 0 Å². The largest absolute Gasteiger partial charge is 0.507 e. The number of phenols is 1. The third-order valence-corrected chi connectivity index (χ3v) is 3.83. The average Bonchev–Trinajstić information content (AvgIpc) is 2.41. The number of hydrogen-bond acceptors (Lipinski definition) is 3. The molecule has 1 aromatic carbocycles. The Kier molecular flexibility index (Phi) is 4.04. The minimum atomic E-state index is -0.198. The number of aromatic hydroxyl groups is 1. The van der Waals surface area contributed by atoms with Crippen LogP contribution in [0.5, 0.6) is 5.75 Å². The highest BCUT2D eigenvalue weighted by Gasteiger charge is 2.30. The van der Waals surface area contributed by atoms with E-state index in [4.69, 9.17) is 18.0 Å². The number of amides is 1. The number of likely N-dealkylation sites (tertiary alicyclic amines) is 1. The van der Waals surface area contributed by atoms with Crippen molar-refractivity contribution in [1.82, 2.24) is 4.90 Å². The van der Waals surface area contributed by atoms with Crippen molar-refractivity contribution in [2.24, 2.45) is 5.73 Å². The van der Waals surface area contributed by atoms with Crippen LogP contribution in [0.4, 0.5) is 0 Å². The van der Waals surface area contributed by atoms with Crippen LogP contribution in [0.15, 0.2) is 18.2 Å². The number of hydrogen-bond donors (Lipinski definition) is 2. The van der Waals surface area contributed by atoms with Crippen LogP contribution < -0.4 is 5.73 Å². The van der Waals surface area contributed by atoms with Crippen molar-refractivity contribution < 1.29 is 9.90 Å². The molecule has 4 nitrogen and oxygen atoms in total. The number of aryl methyl sites for hydroxylation is 1. The molecule has 0 bridgehead atoms. The van der Waals surface area contributed by atoms with Gasteiger partial charge in [0.25, 0.3) is 5.91 Å². The summed E-state index contributed by atoms with van der Waals surface area (Å²) in [5.41, 5.74) is 6.73. The first-order valence-corrected chi connectivity index (χ1v) is 6.82. The Morgan fingerprint density at radius 2 is 2.21 bits per heavy atom. The maximum absolute atomic E-state index is 12.5. The molecule has 102 valence electrons. The van der Waals surface area contributed by atoms with E-state index in [0.29, 0.717) is 22.7 Å². The van der Waals surface area contributed by atoms with Crippen molar-refractivity contribution in [2.75, 3.05) is 6.54 Å². The van der Waals surface area contributed by atoms with Gasteiger partial charge in [0.15, 0.2) is 0 Å². The Morgan fingerprint density at radius 3 is 2.89 bits per heavy atom. The van der Waals surface area contributed by atoms with Gasteiger partial charge in [0, 0.05) is 6.54 Å². The molecule has 3 N–H and O–H groups in total. The molecule has 1 atom stereocenters. The zero-order valence-electron chi connectivity index (χ0n) is 10.9. The molecule has 1 aliphatic heterocycles. The lowest BCUT2D eigenvalue weighted by Crippen LogP contribution is -2.49. The predicted molar refractivity (Wildman–Crippen MR) is 78.3 cm³/mol. The fourth-order valence-electron chi connectivity index (χ4n) is 2.46. The van der Waals surface area contributed by atoms with Crippen LogP contribution in [-0.4, -0.2) is 33.5 Å². The molecular weight excluding hydrogens is 260 g/mol. The number of carbonyl (C=O) groups is 1. The molecule has 1 unspecified atom stereocenters. The first-order chi connectivity index (χ1) is 9.02. The minimum Gasteiger partial charge on any atom is -0.507 e. The lowest BCUT2D eigenvalue weighted by atomic mass is 10.00. The average molecular weight is 278 g/mol. The van der Waals surface area contributed by atoms with E-state index < -0.39 is 0 Å². The second-order valence-corrected chi connectivity index (χ2v) is 5.35. The lowest BCUT2D eigenvalue weighted by Gasteiger charge is -2.35. The molecule has 0 aliphatic carbocycles. The van der Waals surface area contributed by atoms with E-state index in [1.54, 1.807) is 30.0 Å². The molecule has 2 rings (SSSR count). The van der Waals surface area contributed by atoms with Crippen LogP contribution in [0, 0.1) is 6.92 Å². The van der Waals surface area contributed by atoms with Crippen molar-refractivity contribution in [3.8, 4) is 5.75 Å². The first kappa shape index (κ1) is 13.8. The first-order valence-electron chi connectivity index (χ1n) is 6.41. The molecular formula is C14H18N2O2S. The van der Waals surface area contributed by atoms with Crippen LogP contribution in [0.1, 0.15) is 35.2 Å². The quantitative estimate of drug-likeness (QED) is 0.812. The zero-order valence-corrected chi connectivity index (χ0v) is 11.7. The molecule has 1 amide bonds. The maximum atomic E-state index is 12.5. The van der Waals surface area contributed by atoms with E-state index in [-0.39, 0.29) is 17.7 Å². The number of thiocarbonyl (C=S) groups is 1. The fraction of sp³-hybridized carbons (Fsp3) is 0.429. The summed E-state index contributed by atoms with van der Waals surface area (Å²) < 4.78 is 0. The minimum absolute atomic E-state index is 0.0414. The normalized spacial score (nSPS) is 19.2. The fourth-order valence-corrected chi connectivity index (χ4v) is 2.70. The molecule has 19 heavy (non-hydrogen) atoms. The number of nitrogens with two attached hydrogens (primary N) is 1. The van der Waals surface area contributed by atoms with Crippen LogP contribution in [0.2, 0.25) is 0 Å². The van der Waals surface area contributed by atoms with Gasteiger partial charge in [-0.1, -0.05) is 24.4 Å². The number of piperidine rings is 1. The molecule has 1 aliphatic rings. The second-order valence-electron chi connectivity index (χ2n) is 4.88. The molecule has 0 aromatic heterocycles. The van der Waals surface area contributed by atoms with Crippen molar-refractivity contribution in [2.45, 2.75) is 32.2 Å². The van der Waals surface area contributed by atoms with E-state index in [1.165, 1.54) is 0 Å². The Bertz CT molecular complexity index is 516. The van der Waals surface area contributed by atoms with Gasteiger partial charge < -0.3 is 15.7 Å². The summed E-state index contributed by atoms with van der Waals surface area (Å²) >= 11 is 5.04. The van der Waals surface area contributed by atoms with Crippen LogP contribution >= 0.6 is 12.2 Å². The summed E-state index contributed by atoms with van der Waals surface area (Å²) in [4.78, 5) is 14.6. The molecule has 1 fully saturated rings. The Hall–Kier alpha value is -1.62. The molecule has 1 heterocycles. The molecule has 0 radical (unpaired) electrons. The number of nitrogens with zero attached hydrogens (tertiary/aromatic N) is 1. The van der Waals surface area contributed by atoms with Crippen molar-refractivity contribution in [3.05, 3.63) is 29.3 Å². The molecule has 1 saturated heterocycles. The number of para-hydroxylation sites is 1. The van der Waals surface area contributed by atoms with Gasteiger partial charge >= 0.3 is 0 Å². The van der Waals surface area contributed by atoms with Gasteiger partial charge in [-0.15, -0.1) is 0 Å². The maximum Gasteiger partial charge on any atom is 0.258 e. The smallest absolute Gasteiger partial charge is 0.258 e. The van der Waals surface area contributed by atoms with Gasteiger partial charge in [-0.05, 0) is 37.8 Å². The van der Waals surface area contributed by atoms with Gasteiger partial charge in [-0.2, -0.15) is 0 Å². The second kappa shape index (κ2) is 5.57. The third kappa shape index (κ3) is 2.71. The van der Waals surface area contributed by atoms with Gasteiger partial charge in [0.2, 0.25) is 0 Å². The van der Waals surface area contributed by atoms with Gasteiger partial charge in [0.1, 0.15) is 5.75 Å². The van der Waals surface area contributed by atoms with Crippen LogP contribution in [0.3, 0.4) is 0 Å². The van der Waals surface area contributed by atoms with Gasteiger partial charge in [-0.3, -0.25) is 4.79 Å². The van der Waals surface area contributed by atoms with Crippen molar-refractivity contribution >= 4 is 23.1 Å². The summed E-state index contributed by atoms with van der Waals surface area (Å²) in [5.74, 6) is -0.154. The number of phenolic OH excluding ortho intramolecular Hbond substituents is 1. The number of rotatable bonds is 2. The highest BCUT2D eigenvalue weighted by Crippen LogP contribution is 2.26. The Labute approximate surface area is 118 Å². The molecule has 1 aromatic rings. The monoisotopic (exact) mass is 278 g/mol. The zero-order chi connectivity index (χ0) is 14.0. The van der Waals surface area contributed by atoms with Crippen LogP contribution in [0.25, 0.3) is 0 Å². The van der Waals surface area contributed by atoms with Crippen molar-refractivity contribution in [1.29, 1.82) is 0 Å². The standard InChI is InChI=1S/C14H18N2O2S/c1-9-5-4-6-10(12(9)17)14(18)16-8-3-2-7-11(16)13(15)19/h4-6,11,17H,2-3,7-8H2,1H3,(H2,15,19). The van der Waals surface area contributed by atoms with Crippen molar-refractivity contribution in [3.63, 3.8) is 0 Å². The summed E-state index contributed by atoms with van der Waals surface area (Å²) in [6.45, 7) is 2.40. The molecule has 0 saturated carbocycles. The Morgan fingerprint density at radius 1 is 1.47 bits per heavy atom. The number of benzene rings is 1. The van der Waals surface area contributed by atoms with E-state index in [2.05, 4.69) is 0 Å². The highest BCUT2D eigenvalue weighted by molar-refractivity contribution is 7.80. The van der Waals surface area contributed by atoms with E-state index >= 15 is 0 Å². The Balaban J connectivity index is 2.31. The summed E-state index contributed by atoms with van der Waals surface area (Å²) in [6.07, 6.45) is 2.76. The van der Waals surface area contributed by atoms with E-state index in [1.807, 2.05) is 0 Å². The summed E-state index contributed by atoms with van der Waals surface area (Å²) in [5, 5.41) is 10.0. The SMILES string of the molecule is Cc1cccc(C(=O)N2CCCCC2C(N)=S)c1O. The van der Waals surface area contributed by atoms with Crippen LogP contribution in [-0.2, 0) is 0 Å². The van der Waals surface area contributed by atoms with E-state index in [9.17, 15) is 9.90 Å². The highest BCUT2D eigenvalue weighted by atomic mass is 32.1. The van der Waals surface area contributed by atoms with E-state index in [0.717, 1.165) is 19.3 Å². The summed E-state index contributed by atoms with van der Waals surface area (Å²) in [7, 11) is 0.